The third-order valence-electron chi connectivity index (χ3n) is 3.57. The Balaban J connectivity index is 2.81. The molecule has 0 amide bonds. The summed E-state index contributed by atoms with van der Waals surface area (Å²) < 4.78 is 0. The van der Waals surface area contributed by atoms with Gasteiger partial charge in [-0.1, -0.05) is 56.5 Å². The van der Waals surface area contributed by atoms with E-state index in [9.17, 15) is 0 Å². The van der Waals surface area contributed by atoms with Gasteiger partial charge >= 0.3 is 0 Å². The fourth-order valence-electron chi connectivity index (χ4n) is 2.41. The van der Waals surface area contributed by atoms with Crippen LogP contribution >= 0.6 is 23.2 Å². The topological polar surface area (TPSA) is 12.0 Å². The minimum absolute atomic E-state index is 0.442. The summed E-state index contributed by atoms with van der Waals surface area (Å²) in [6, 6.07) is 6.18. The number of benzene rings is 1. The predicted octanol–water partition coefficient (Wildman–Crippen LogP) is 5.34. The van der Waals surface area contributed by atoms with E-state index in [0.717, 1.165) is 35.0 Å². The zero-order valence-corrected chi connectivity index (χ0v) is 13.7. The molecule has 0 aliphatic heterocycles. The van der Waals surface area contributed by atoms with E-state index >= 15 is 0 Å². The van der Waals surface area contributed by atoms with Crippen molar-refractivity contribution in [1.29, 1.82) is 0 Å². The van der Waals surface area contributed by atoms with Gasteiger partial charge in [0.05, 0.1) is 0 Å². The van der Waals surface area contributed by atoms with Crippen LogP contribution in [0.3, 0.4) is 0 Å². The van der Waals surface area contributed by atoms with E-state index in [1.807, 2.05) is 18.2 Å². The molecule has 0 radical (unpaired) electrons. The summed E-state index contributed by atoms with van der Waals surface area (Å²) in [5.74, 6) is 0.629. The van der Waals surface area contributed by atoms with Crippen LogP contribution in [0.2, 0.25) is 10.0 Å². The normalized spacial score (nSPS) is 14.4. The Morgan fingerprint density at radius 1 is 1.11 bits per heavy atom. The highest BCUT2D eigenvalue weighted by Gasteiger charge is 2.19. The summed E-state index contributed by atoms with van der Waals surface area (Å²) in [7, 11) is 0. The first-order chi connectivity index (χ1) is 9.10. The van der Waals surface area contributed by atoms with E-state index in [1.165, 1.54) is 12.8 Å². The SMILES string of the molecule is CCCNC(Cc1c(Cl)cccc1Cl)C(C)CCC. The van der Waals surface area contributed by atoms with E-state index in [4.69, 9.17) is 23.2 Å². The summed E-state index contributed by atoms with van der Waals surface area (Å²) in [5.41, 5.74) is 1.07. The lowest BCUT2D eigenvalue weighted by Crippen LogP contribution is -2.37. The number of halogens is 2. The van der Waals surface area contributed by atoms with Crippen molar-refractivity contribution in [2.75, 3.05) is 6.54 Å². The molecule has 108 valence electrons. The molecule has 0 bridgehead atoms. The molecule has 1 N–H and O–H groups in total. The summed E-state index contributed by atoms with van der Waals surface area (Å²) >= 11 is 12.6. The number of nitrogens with one attached hydrogen (secondary N) is 1. The van der Waals surface area contributed by atoms with E-state index in [-0.39, 0.29) is 0 Å². The fourth-order valence-corrected chi connectivity index (χ4v) is 2.96. The van der Waals surface area contributed by atoms with Gasteiger partial charge in [0.2, 0.25) is 0 Å². The summed E-state index contributed by atoms with van der Waals surface area (Å²) in [6.07, 6.45) is 4.48. The maximum Gasteiger partial charge on any atom is 0.0453 e. The van der Waals surface area contributed by atoms with Crippen molar-refractivity contribution in [2.24, 2.45) is 5.92 Å². The Morgan fingerprint density at radius 2 is 1.74 bits per heavy atom. The van der Waals surface area contributed by atoms with Gasteiger partial charge in [0, 0.05) is 16.1 Å². The lowest BCUT2D eigenvalue weighted by atomic mass is 9.91. The van der Waals surface area contributed by atoms with Gasteiger partial charge in [-0.3, -0.25) is 0 Å². The minimum atomic E-state index is 0.442. The maximum atomic E-state index is 6.28. The smallest absolute Gasteiger partial charge is 0.0453 e. The predicted molar refractivity (Wildman–Crippen MR) is 86.3 cm³/mol. The third-order valence-corrected chi connectivity index (χ3v) is 4.28. The van der Waals surface area contributed by atoms with Crippen LogP contribution in [-0.4, -0.2) is 12.6 Å². The second-order valence-corrected chi connectivity index (χ2v) is 6.05. The van der Waals surface area contributed by atoms with E-state index in [2.05, 4.69) is 26.1 Å². The van der Waals surface area contributed by atoms with Crippen molar-refractivity contribution in [1.82, 2.24) is 5.32 Å². The molecular formula is C16H25Cl2N. The van der Waals surface area contributed by atoms with E-state index in [0.29, 0.717) is 12.0 Å². The van der Waals surface area contributed by atoms with Crippen LogP contribution < -0.4 is 5.32 Å². The lowest BCUT2D eigenvalue weighted by molar-refractivity contribution is 0.352. The molecule has 0 saturated carbocycles. The fraction of sp³-hybridized carbons (Fsp3) is 0.625. The molecule has 0 aliphatic carbocycles. The summed E-state index contributed by atoms with van der Waals surface area (Å²) in [4.78, 5) is 0. The molecule has 2 atom stereocenters. The van der Waals surface area contributed by atoms with Crippen LogP contribution in [0.5, 0.6) is 0 Å². The van der Waals surface area contributed by atoms with Crippen molar-refractivity contribution in [3.8, 4) is 0 Å². The molecule has 1 nitrogen and oxygen atoms in total. The monoisotopic (exact) mass is 301 g/mol. The molecule has 0 aromatic heterocycles. The zero-order chi connectivity index (χ0) is 14.3. The Kier molecular flexibility index (Phi) is 7.82. The number of rotatable bonds is 8. The standard InChI is InChI=1S/C16H25Cl2N/c1-4-7-12(3)16(19-10-5-2)11-13-14(17)8-6-9-15(13)18/h6,8-9,12,16,19H,4-5,7,10-11H2,1-3H3. The van der Waals surface area contributed by atoms with Crippen LogP contribution in [0, 0.1) is 5.92 Å². The molecule has 3 heteroatoms. The van der Waals surface area contributed by atoms with Crippen molar-refractivity contribution in [3.63, 3.8) is 0 Å². The van der Waals surface area contributed by atoms with Gasteiger partial charge in [0.15, 0.2) is 0 Å². The maximum absolute atomic E-state index is 6.28. The highest BCUT2D eigenvalue weighted by Crippen LogP contribution is 2.27. The molecule has 0 saturated heterocycles. The molecule has 1 aromatic carbocycles. The highest BCUT2D eigenvalue weighted by atomic mass is 35.5. The second kappa shape index (κ2) is 8.84. The van der Waals surface area contributed by atoms with Gasteiger partial charge in [-0.25, -0.2) is 0 Å². The Labute approximate surface area is 127 Å². The average molecular weight is 302 g/mol. The first-order valence-electron chi connectivity index (χ1n) is 7.26. The highest BCUT2D eigenvalue weighted by molar-refractivity contribution is 6.36. The van der Waals surface area contributed by atoms with Crippen molar-refractivity contribution in [2.45, 2.75) is 52.5 Å². The molecule has 0 heterocycles. The van der Waals surface area contributed by atoms with Crippen LogP contribution in [0.4, 0.5) is 0 Å². The van der Waals surface area contributed by atoms with E-state index in [1.54, 1.807) is 0 Å². The molecule has 0 aliphatic rings. The molecule has 0 spiro atoms. The van der Waals surface area contributed by atoms with Crippen LogP contribution in [-0.2, 0) is 6.42 Å². The lowest BCUT2D eigenvalue weighted by Gasteiger charge is -2.26. The van der Waals surface area contributed by atoms with Gasteiger partial charge in [0.25, 0.3) is 0 Å². The van der Waals surface area contributed by atoms with Gasteiger partial charge in [-0.05, 0) is 49.4 Å². The van der Waals surface area contributed by atoms with Crippen LogP contribution in [0.1, 0.15) is 45.6 Å². The Bertz CT molecular complexity index is 359. The zero-order valence-electron chi connectivity index (χ0n) is 12.2. The van der Waals surface area contributed by atoms with Gasteiger partial charge in [-0.15, -0.1) is 0 Å². The van der Waals surface area contributed by atoms with Crippen LogP contribution in [0.25, 0.3) is 0 Å². The molecule has 1 aromatic rings. The van der Waals surface area contributed by atoms with Crippen molar-refractivity contribution >= 4 is 23.2 Å². The molecule has 1 rings (SSSR count). The van der Waals surface area contributed by atoms with Gasteiger partial charge < -0.3 is 5.32 Å². The number of hydrogen-bond acceptors (Lipinski definition) is 1. The van der Waals surface area contributed by atoms with Crippen molar-refractivity contribution in [3.05, 3.63) is 33.8 Å². The van der Waals surface area contributed by atoms with E-state index < -0.39 is 0 Å². The van der Waals surface area contributed by atoms with Crippen molar-refractivity contribution < 1.29 is 0 Å². The minimum Gasteiger partial charge on any atom is -0.313 e. The quantitative estimate of drug-likeness (QED) is 0.683. The van der Waals surface area contributed by atoms with Gasteiger partial charge in [-0.2, -0.15) is 0 Å². The third kappa shape index (κ3) is 5.33. The first kappa shape index (κ1) is 16.8. The van der Waals surface area contributed by atoms with Gasteiger partial charge in [0.1, 0.15) is 0 Å². The Hall–Kier alpha value is -0.240. The number of hydrogen-bond donors (Lipinski definition) is 1. The first-order valence-corrected chi connectivity index (χ1v) is 8.02. The summed E-state index contributed by atoms with van der Waals surface area (Å²) in [6.45, 7) is 7.77. The molecule has 0 fully saturated rings. The summed E-state index contributed by atoms with van der Waals surface area (Å²) in [5, 5.41) is 5.19. The van der Waals surface area contributed by atoms with Crippen LogP contribution in [0.15, 0.2) is 18.2 Å². The second-order valence-electron chi connectivity index (χ2n) is 5.23. The largest absolute Gasteiger partial charge is 0.313 e. The average Bonchev–Trinajstić information content (AvgIpc) is 2.37. The molecular weight excluding hydrogens is 277 g/mol. The Morgan fingerprint density at radius 3 is 2.26 bits per heavy atom. The molecule has 2 unspecified atom stereocenters. The molecule has 19 heavy (non-hydrogen) atoms.